The van der Waals surface area contributed by atoms with Crippen LogP contribution in [0.3, 0.4) is 0 Å². The van der Waals surface area contributed by atoms with Gasteiger partial charge in [0.25, 0.3) is 5.91 Å². The van der Waals surface area contributed by atoms with Crippen LogP contribution >= 0.6 is 0 Å². The molecule has 0 heterocycles. The van der Waals surface area contributed by atoms with E-state index in [1.54, 1.807) is 13.1 Å². The Morgan fingerprint density at radius 1 is 1.38 bits per heavy atom. The maximum Gasteiger partial charge on any atom is 0.251 e. The number of carbonyl (C=O) groups is 1. The standard InChI is InChI=1S/C17H27N3O/c1-12(2)11-20(14-6-4-5-7-14)16-10-13(17(21)19-3)8-9-15(16)18/h8-10,12,14H,4-7,11,18H2,1-3H3,(H,19,21). The van der Waals surface area contributed by atoms with E-state index in [4.69, 9.17) is 5.73 Å². The minimum Gasteiger partial charge on any atom is -0.397 e. The quantitative estimate of drug-likeness (QED) is 0.819. The third-order valence-electron chi connectivity index (χ3n) is 4.16. The minimum absolute atomic E-state index is 0.0628. The summed E-state index contributed by atoms with van der Waals surface area (Å²) in [6.45, 7) is 5.42. The van der Waals surface area contributed by atoms with Gasteiger partial charge < -0.3 is 16.0 Å². The molecule has 1 amide bonds. The van der Waals surface area contributed by atoms with Crippen molar-refractivity contribution in [2.24, 2.45) is 5.92 Å². The molecule has 0 unspecified atom stereocenters. The fraction of sp³-hybridized carbons (Fsp3) is 0.588. The fourth-order valence-corrected chi connectivity index (χ4v) is 3.13. The van der Waals surface area contributed by atoms with E-state index in [0.717, 1.165) is 17.9 Å². The maximum absolute atomic E-state index is 11.9. The van der Waals surface area contributed by atoms with Crippen LogP contribution in [0.5, 0.6) is 0 Å². The van der Waals surface area contributed by atoms with Crippen LogP contribution in [0, 0.1) is 5.92 Å². The van der Waals surface area contributed by atoms with E-state index in [-0.39, 0.29) is 5.91 Å². The lowest BCUT2D eigenvalue weighted by molar-refractivity contribution is 0.0963. The van der Waals surface area contributed by atoms with Gasteiger partial charge in [0.05, 0.1) is 11.4 Å². The topological polar surface area (TPSA) is 58.4 Å². The van der Waals surface area contributed by atoms with E-state index in [2.05, 4.69) is 24.1 Å². The van der Waals surface area contributed by atoms with Crippen LogP contribution in [0.4, 0.5) is 11.4 Å². The molecule has 1 fully saturated rings. The highest BCUT2D eigenvalue weighted by atomic mass is 16.1. The van der Waals surface area contributed by atoms with E-state index in [0.29, 0.717) is 17.5 Å². The molecule has 0 spiro atoms. The summed E-state index contributed by atoms with van der Waals surface area (Å²) in [7, 11) is 1.65. The average Bonchev–Trinajstić information content (AvgIpc) is 2.98. The monoisotopic (exact) mass is 289 g/mol. The Balaban J connectivity index is 2.35. The predicted molar refractivity (Wildman–Crippen MR) is 88.7 cm³/mol. The van der Waals surface area contributed by atoms with Crippen molar-refractivity contribution in [3.05, 3.63) is 23.8 Å². The van der Waals surface area contributed by atoms with Crippen LogP contribution < -0.4 is 16.0 Å². The number of amides is 1. The lowest BCUT2D eigenvalue weighted by Gasteiger charge is -2.34. The zero-order chi connectivity index (χ0) is 15.4. The lowest BCUT2D eigenvalue weighted by atomic mass is 10.1. The van der Waals surface area contributed by atoms with Gasteiger partial charge in [0.2, 0.25) is 0 Å². The first kappa shape index (κ1) is 15.7. The predicted octanol–water partition coefficient (Wildman–Crippen LogP) is 3.03. The number of nitrogens with zero attached hydrogens (tertiary/aromatic N) is 1. The van der Waals surface area contributed by atoms with Gasteiger partial charge in [0.15, 0.2) is 0 Å². The second-order valence-electron chi connectivity index (χ2n) is 6.34. The summed E-state index contributed by atoms with van der Waals surface area (Å²) >= 11 is 0. The summed E-state index contributed by atoms with van der Waals surface area (Å²) in [6, 6.07) is 6.13. The largest absolute Gasteiger partial charge is 0.397 e. The number of hydrogen-bond donors (Lipinski definition) is 2. The molecule has 3 N–H and O–H groups in total. The molecule has 21 heavy (non-hydrogen) atoms. The molecule has 0 aliphatic heterocycles. The zero-order valence-electron chi connectivity index (χ0n) is 13.4. The van der Waals surface area contributed by atoms with Crippen molar-refractivity contribution in [1.82, 2.24) is 5.32 Å². The van der Waals surface area contributed by atoms with Crippen molar-refractivity contribution in [3.8, 4) is 0 Å². The highest BCUT2D eigenvalue weighted by Crippen LogP contribution is 2.33. The molecule has 0 atom stereocenters. The number of hydrogen-bond acceptors (Lipinski definition) is 3. The number of carbonyl (C=O) groups excluding carboxylic acids is 1. The van der Waals surface area contributed by atoms with Crippen molar-refractivity contribution in [2.45, 2.75) is 45.6 Å². The molecule has 1 aromatic carbocycles. The highest BCUT2D eigenvalue weighted by Gasteiger charge is 2.25. The summed E-state index contributed by atoms with van der Waals surface area (Å²) in [6.07, 6.45) is 5.01. The number of nitrogen functional groups attached to an aromatic ring is 1. The Morgan fingerprint density at radius 3 is 2.62 bits per heavy atom. The van der Waals surface area contributed by atoms with Crippen molar-refractivity contribution < 1.29 is 4.79 Å². The van der Waals surface area contributed by atoms with Gasteiger partial charge >= 0.3 is 0 Å². The molecular weight excluding hydrogens is 262 g/mol. The minimum atomic E-state index is -0.0628. The normalized spacial score (nSPS) is 15.4. The van der Waals surface area contributed by atoms with Crippen LogP contribution in [-0.4, -0.2) is 25.5 Å². The SMILES string of the molecule is CNC(=O)c1ccc(N)c(N(CC(C)C)C2CCCC2)c1. The van der Waals surface area contributed by atoms with Gasteiger partial charge in [-0.3, -0.25) is 4.79 Å². The van der Waals surface area contributed by atoms with Crippen LogP contribution in [0.15, 0.2) is 18.2 Å². The van der Waals surface area contributed by atoms with Crippen LogP contribution in [0.25, 0.3) is 0 Å². The third-order valence-corrected chi connectivity index (χ3v) is 4.16. The molecule has 4 heteroatoms. The zero-order valence-corrected chi connectivity index (χ0v) is 13.4. The lowest BCUT2D eigenvalue weighted by Crippen LogP contribution is -2.37. The van der Waals surface area contributed by atoms with Crippen LogP contribution in [0.1, 0.15) is 49.9 Å². The van der Waals surface area contributed by atoms with E-state index in [1.807, 2.05) is 12.1 Å². The van der Waals surface area contributed by atoms with Gasteiger partial charge in [-0.2, -0.15) is 0 Å². The number of rotatable bonds is 5. The Bertz CT molecular complexity index is 493. The van der Waals surface area contributed by atoms with Gasteiger partial charge in [0.1, 0.15) is 0 Å². The summed E-state index contributed by atoms with van der Waals surface area (Å²) in [5, 5.41) is 2.68. The Hall–Kier alpha value is -1.71. The Kier molecular flexibility index (Phi) is 5.10. The first-order valence-corrected chi connectivity index (χ1v) is 7.91. The molecule has 0 radical (unpaired) electrons. The molecule has 116 valence electrons. The summed E-state index contributed by atoms with van der Waals surface area (Å²) in [5.74, 6) is 0.501. The number of nitrogens with one attached hydrogen (secondary N) is 1. The van der Waals surface area contributed by atoms with Crippen molar-refractivity contribution >= 4 is 17.3 Å². The first-order chi connectivity index (χ1) is 10.0. The molecule has 1 aromatic rings. The van der Waals surface area contributed by atoms with Crippen molar-refractivity contribution in [3.63, 3.8) is 0 Å². The van der Waals surface area contributed by atoms with Gasteiger partial charge in [-0.15, -0.1) is 0 Å². The van der Waals surface area contributed by atoms with Gasteiger partial charge in [0, 0.05) is 25.2 Å². The molecule has 1 aliphatic rings. The number of anilines is 2. The van der Waals surface area contributed by atoms with Gasteiger partial charge in [-0.25, -0.2) is 0 Å². The molecule has 1 aliphatic carbocycles. The van der Waals surface area contributed by atoms with Crippen LogP contribution in [-0.2, 0) is 0 Å². The second kappa shape index (κ2) is 6.83. The van der Waals surface area contributed by atoms with Crippen molar-refractivity contribution in [2.75, 3.05) is 24.2 Å². The molecule has 2 rings (SSSR count). The Labute approximate surface area is 127 Å². The molecule has 0 aromatic heterocycles. The van der Waals surface area contributed by atoms with Gasteiger partial charge in [-0.05, 0) is 37.0 Å². The fourth-order valence-electron chi connectivity index (χ4n) is 3.13. The van der Waals surface area contributed by atoms with Gasteiger partial charge in [-0.1, -0.05) is 26.7 Å². The first-order valence-electron chi connectivity index (χ1n) is 7.91. The maximum atomic E-state index is 11.9. The number of nitrogens with two attached hydrogens (primary N) is 1. The average molecular weight is 289 g/mol. The summed E-state index contributed by atoms with van der Waals surface area (Å²) in [5.41, 5.74) is 8.65. The van der Waals surface area contributed by atoms with E-state index in [9.17, 15) is 4.79 Å². The van der Waals surface area contributed by atoms with E-state index < -0.39 is 0 Å². The molecule has 1 saturated carbocycles. The summed E-state index contributed by atoms with van der Waals surface area (Å²) < 4.78 is 0. The second-order valence-corrected chi connectivity index (χ2v) is 6.34. The molecule has 0 bridgehead atoms. The smallest absolute Gasteiger partial charge is 0.251 e. The highest BCUT2D eigenvalue weighted by molar-refractivity contribution is 5.96. The van der Waals surface area contributed by atoms with Crippen LogP contribution in [0.2, 0.25) is 0 Å². The van der Waals surface area contributed by atoms with Crippen molar-refractivity contribution in [1.29, 1.82) is 0 Å². The number of benzene rings is 1. The molecular formula is C17H27N3O. The molecule has 4 nitrogen and oxygen atoms in total. The van der Waals surface area contributed by atoms with E-state index >= 15 is 0 Å². The molecule has 0 saturated heterocycles. The Morgan fingerprint density at radius 2 is 2.05 bits per heavy atom. The van der Waals surface area contributed by atoms with E-state index in [1.165, 1.54) is 25.7 Å². The third kappa shape index (κ3) is 3.69. The summed E-state index contributed by atoms with van der Waals surface area (Å²) in [4.78, 5) is 14.3.